The molecule has 0 saturated carbocycles. The Labute approximate surface area is 107 Å². The Kier molecular flexibility index (Phi) is 1.95. The van der Waals surface area contributed by atoms with E-state index < -0.39 is 0 Å². The van der Waals surface area contributed by atoms with E-state index >= 15 is 0 Å². The molecule has 0 amide bonds. The van der Waals surface area contributed by atoms with Gasteiger partial charge < -0.3 is 0 Å². The van der Waals surface area contributed by atoms with Gasteiger partial charge in [0.25, 0.3) is 0 Å². The van der Waals surface area contributed by atoms with Gasteiger partial charge in [0.15, 0.2) is 5.78 Å². The zero-order valence-corrected chi connectivity index (χ0v) is 10.2. The molecule has 1 fully saturated rings. The lowest BCUT2D eigenvalue weighted by molar-refractivity contribution is -0.110. The number of allylic oxidation sites excluding steroid dienone is 2. The smallest absolute Gasteiger partial charge is 0.178 e. The molecule has 0 radical (unpaired) electrons. The largest absolute Gasteiger partial charge is 0.290 e. The van der Waals surface area contributed by atoms with E-state index in [1.807, 2.05) is 6.08 Å². The van der Waals surface area contributed by atoms with Crippen LogP contribution in [0.3, 0.4) is 0 Å². The maximum Gasteiger partial charge on any atom is 0.178 e. The first-order valence-electron chi connectivity index (χ1n) is 6.58. The Hall–Kier alpha value is -1.67. The molecule has 0 bridgehead atoms. The SMILES string of the molecule is O=C1C=C[C@@]23C(=C1)CCN2CCc1ccccc13. The van der Waals surface area contributed by atoms with E-state index in [9.17, 15) is 4.79 Å². The molecule has 1 saturated heterocycles. The van der Waals surface area contributed by atoms with Crippen molar-refractivity contribution in [3.63, 3.8) is 0 Å². The number of ketones is 1. The van der Waals surface area contributed by atoms with Crippen LogP contribution in [0.4, 0.5) is 0 Å². The molecule has 2 heteroatoms. The summed E-state index contributed by atoms with van der Waals surface area (Å²) in [4.78, 5) is 14.1. The standard InChI is InChI=1S/C16H15NO/c18-14-5-8-16-13(11-14)7-10-17(16)9-6-12-3-1-2-4-15(12)16/h1-5,8,11H,6-7,9-10H2/t16-/m0/s1. The van der Waals surface area contributed by atoms with Crippen molar-refractivity contribution < 1.29 is 4.79 Å². The number of benzene rings is 1. The highest BCUT2D eigenvalue weighted by atomic mass is 16.1. The molecular weight excluding hydrogens is 222 g/mol. The van der Waals surface area contributed by atoms with Gasteiger partial charge in [0, 0.05) is 13.1 Å². The van der Waals surface area contributed by atoms with Crippen LogP contribution < -0.4 is 0 Å². The van der Waals surface area contributed by atoms with Gasteiger partial charge in [0.1, 0.15) is 0 Å². The normalized spacial score (nSPS) is 29.6. The summed E-state index contributed by atoms with van der Waals surface area (Å²) in [6.07, 6.45) is 7.85. The molecule has 0 aromatic heterocycles. The Balaban J connectivity index is 2.00. The summed E-state index contributed by atoms with van der Waals surface area (Å²) in [6.45, 7) is 2.16. The van der Waals surface area contributed by atoms with E-state index in [1.165, 1.54) is 16.7 Å². The molecule has 1 aromatic carbocycles. The fourth-order valence-electron chi connectivity index (χ4n) is 3.73. The molecule has 4 rings (SSSR count). The van der Waals surface area contributed by atoms with Crippen molar-refractivity contribution in [3.8, 4) is 0 Å². The third-order valence-corrected chi connectivity index (χ3v) is 4.52. The zero-order chi connectivity index (χ0) is 12.2. The molecule has 1 spiro atoms. The number of hydrogen-bond acceptors (Lipinski definition) is 2. The van der Waals surface area contributed by atoms with Crippen LogP contribution in [0.5, 0.6) is 0 Å². The Morgan fingerprint density at radius 1 is 1.11 bits per heavy atom. The molecule has 1 aromatic rings. The number of fused-ring (bicyclic) bond motifs is 1. The molecule has 2 aliphatic heterocycles. The quantitative estimate of drug-likeness (QED) is 0.689. The predicted molar refractivity (Wildman–Crippen MR) is 70.2 cm³/mol. The molecule has 0 unspecified atom stereocenters. The lowest BCUT2D eigenvalue weighted by Gasteiger charge is -2.43. The topological polar surface area (TPSA) is 20.3 Å². The van der Waals surface area contributed by atoms with Crippen molar-refractivity contribution in [3.05, 3.63) is 59.2 Å². The van der Waals surface area contributed by atoms with Gasteiger partial charge >= 0.3 is 0 Å². The van der Waals surface area contributed by atoms with Crippen LogP contribution in [0.1, 0.15) is 17.5 Å². The monoisotopic (exact) mass is 237 g/mol. The zero-order valence-electron chi connectivity index (χ0n) is 10.2. The first-order valence-corrected chi connectivity index (χ1v) is 6.58. The first-order chi connectivity index (χ1) is 8.80. The van der Waals surface area contributed by atoms with E-state index in [0.717, 1.165) is 25.9 Å². The fourth-order valence-corrected chi connectivity index (χ4v) is 3.73. The van der Waals surface area contributed by atoms with Gasteiger partial charge in [-0.25, -0.2) is 0 Å². The average molecular weight is 237 g/mol. The molecule has 3 aliphatic rings. The van der Waals surface area contributed by atoms with Gasteiger partial charge in [-0.15, -0.1) is 0 Å². The van der Waals surface area contributed by atoms with E-state index in [2.05, 4.69) is 35.2 Å². The molecule has 90 valence electrons. The third-order valence-electron chi connectivity index (χ3n) is 4.52. The molecule has 1 atom stereocenters. The molecule has 2 nitrogen and oxygen atoms in total. The minimum atomic E-state index is -0.108. The molecule has 18 heavy (non-hydrogen) atoms. The van der Waals surface area contributed by atoms with Crippen LogP contribution in [-0.4, -0.2) is 23.8 Å². The molecule has 2 heterocycles. The van der Waals surface area contributed by atoms with Crippen molar-refractivity contribution in [2.24, 2.45) is 0 Å². The first kappa shape index (κ1) is 10.3. The number of hydrogen-bond donors (Lipinski definition) is 0. The van der Waals surface area contributed by atoms with Crippen molar-refractivity contribution >= 4 is 5.78 Å². The van der Waals surface area contributed by atoms with Crippen molar-refractivity contribution in [2.75, 3.05) is 13.1 Å². The van der Waals surface area contributed by atoms with Crippen LogP contribution in [0.2, 0.25) is 0 Å². The Morgan fingerprint density at radius 2 is 1.94 bits per heavy atom. The second kappa shape index (κ2) is 3.42. The summed E-state index contributed by atoms with van der Waals surface area (Å²) in [6, 6.07) is 8.67. The summed E-state index contributed by atoms with van der Waals surface area (Å²) in [5, 5.41) is 0. The fraction of sp³-hybridized carbons (Fsp3) is 0.312. The second-order valence-corrected chi connectivity index (χ2v) is 5.32. The van der Waals surface area contributed by atoms with E-state index in [1.54, 1.807) is 6.08 Å². The number of nitrogens with zero attached hydrogens (tertiary/aromatic N) is 1. The minimum Gasteiger partial charge on any atom is -0.290 e. The Bertz CT molecular complexity index is 599. The molecular formula is C16H15NO. The van der Waals surface area contributed by atoms with Gasteiger partial charge in [-0.05, 0) is 41.7 Å². The van der Waals surface area contributed by atoms with Crippen LogP contribution in [0.15, 0.2) is 48.1 Å². The lowest BCUT2D eigenvalue weighted by atomic mass is 9.75. The summed E-state index contributed by atoms with van der Waals surface area (Å²) in [5.74, 6) is 0.139. The average Bonchev–Trinajstić information content (AvgIpc) is 2.78. The molecule has 1 aliphatic carbocycles. The third kappa shape index (κ3) is 1.14. The Morgan fingerprint density at radius 3 is 2.89 bits per heavy atom. The van der Waals surface area contributed by atoms with E-state index in [-0.39, 0.29) is 11.3 Å². The van der Waals surface area contributed by atoms with E-state index in [4.69, 9.17) is 0 Å². The predicted octanol–water partition coefficient (Wildman–Crippen LogP) is 2.21. The minimum absolute atomic E-state index is 0.108. The van der Waals surface area contributed by atoms with Gasteiger partial charge in [-0.1, -0.05) is 30.3 Å². The highest BCUT2D eigenvalue weighted by Gasteiger charge is 2.48. The highest BCUT2D eigenvalue weighted by Crippen LogP contribution is 2.49. The van der Waals surface area contributed by atoms with Crippen molar-refractivity contribution in [1.82, 2.24) is 4.90 Å². The van der Waals surface area contributed by atoms with Crippen LogP contribution in [0.25, 0.3) is 0 Å². The lowest BCUT2D eigenvalue weighted by Crippen LogP contribution is -2.46. The van der Waals surface area contributed by atoms with Crippen LogP contribution in [-0.2, 0) is 16.8 Å². The number of rotatable bonds is 0. The van der Waals surface area contributed by atoms with Crippen LogP contribution >= 0.6 is 0 Å². The summed E-state index contributed by atoms with van der Waals surface area (Å²) >= 11 is 0. The molecule has 0 N–H and O–H groups in total. The second-order valence-electron chi connectivity index (χ2n) is 5.32. The van der Waals surface area contributed by atoms with Gasteiger partial charge in [-0.2, -0.15) is 0 Å². The number of carbonyl (C=O) groups excluding carboxylic acids is 1. The highest BCUT2D eigenvalue weighted by molar-refractivity contribution is 6.01. The van der Waals surface area contributed by atoms with Gasteiger partial charge in [0.05, 0.1) is 5.54 Å². The maximum absolute atomic E-state index is 11.6. The summed E-state index contributed by atoms with van der Waals surface area (Å²) in [5.41, 5.74) is 3.98. The summed E-state index contributed by atoms with van der Waals surface area (Å²) < 4.78 is 0. The summed E-state index contributed by atoms with van der Waals surface area (Å²) in [7, 11) is 0. The van der Waals surface area contributed by atoms with E-state index in [0.29, 0.717) is 0 Å². The van der Waals surface area contributed by atoms with Crippen molar-refractivity contribution in [2.45, 2.75) is 18.4 Å². The van der Waals surface area contributed by atoms with Crippen molar-refractivity contribution in [1.29, 1.82) is 0 Å². The maximum atomic E-state index is 11.6. The van der Waals surface area contributed by atoms with Crippen LogP contribution in [0, 0.1) is 0 Å². The van der Waals surface area contributed by atoms with Gasteiger partial charge in [-0.3, -0.25) is 9.69 Å². The number of carbonyl (C=O) groups is 1. The van der Waals surface area contributed by atoms with Gasteiger partial charge in [0.2, 0.25) is 0 Å².